The number of hydrogen-bond donors (Lipinski definition) is 2. The summed E-state index contributed by atoms with van der Waals surface area (Å²) < 4.78 is 18.4. The van der Waals surface area contributed by atoms with Crippen molar-refractivity contribution in [2.75, 3.05) is 39.4 Å². The normalized spacial score (nSPS) is 16.0. The zero-order valence-corrected chi connectivity index (χ0v) is 12.4. The fraction of sp³-hybridized carbons (Fsp3) is 0.438. The third kappa shape index (κ3) is 3.64. The number of morpholine rings is 1. The Bertz CT molecular complexity index is 650. The van der Waals surface area contributed by atoms with E-state index in [0.717, 1.165) is 44.8 Å². The van der Waals surface area contributed by atoms with Gasteiger partial charge in [-0.05, 0) is 37.2 Å². The molecule has 1 aromatic heterocycles. The molecule has 0 aliphatic carbocycles. The first-order valence-corrected chi connectivity index (χ1v) is 7.59. The van der Waals surface area contributed by atoms with Crippen LogP contribution in [0.4, 0.5) is 4.39 Å². The highest BCUT2D eigenvalue weighted by atomic mass is 19.1. The van der Waals surface area contributed by atoms with Crippen LogP contribution in [-0.2, 0) is 4.74 Å². The number of carbonyl (C=O) groups is 1. The molecule has 0 radical (unpaired) electrons. The Morgan fingerprint density at radius 2 is 2.14 bits per heavy atom. The van der Waals surface area contributed by atoms with Crippen LogP contribution in [0.5, 0.6) is 0 Å². The lowest BCUT2D eigenvalue weighted by Gasteiger charge is -2.26. The van der Waals surface area contributed by atoms with E-state index in [9.17, 15) is 9.18 Å². The first-order valence-electron chi connectivity index (χ1n) is 7.59. The Morgan fingerprint density at radius 3 is 2.95 bits per heavy atom. The predicted octanol–water partition coefficient (Wildman–Crippen LogP) is 1.76. The van der Waals surface area contributed by atoms with Gasteiger partial charge in [-0.2, -0.15) is 0 Å². The van der Waals surface area contributed by atoms with Gasteiger partial charge in [0.25, 0.3) is 5.91 Å². The minimum atomic E-state index is -0.302. The number of nitrogens with one attached hydrogen (secondary N) is 2. The zero-order valence-electron chi connectivity index (χ0n) is 12.4. The largest absolute Gasteiger partial charge is 0.379 e. The number of H-pyrrole nitrogens is 1. The van der Waals surface area contributed by atoms with Crippen LogP contribution in [0.1, 0.15) is 16.9 Å². The molecule has 3 rings (SSSR count). The van der Waals surface area contributed by atoms with Crippen LogP contribution >= 0.6 is 0 Å². The summed E-state index contributed by atoms with van der Waals surface area (Å²) in [5.74, 6) is -0.456. The molecule has 0 spiro atoms. The number of hydrogen-bond acceptors (Lipinski definition) is 3. The second kappa shape index (κ2) is 6.89. The summed E-state index contributed by atoms with van der Waals surface area (Å²) in [4.78, 5) is 17.4. The van der Waals surface area contributed by atoms with Crippen molar-refractivity contribution in [1.82, 2.24) is 15.2 Å². The molecule has 0 atom stereocenters. The number of aromatic nitrogens is 1. The molecule has 5 nitrogen and oxygen atoms in total. The summed E-state index contributed by atoms with van der Waals surface area (Å²) in [6.07, 6.45) is 0.903. The predicted molar refractivity (Wildman–Crippen MR) is 82.5 cm³/mol. The van der Waals surface area contributed by atoms with Gasteiger partial charge in [-0.1, -0.05) is 0 Å². The summed E-state index contributed by atoms with van der Waals surface area (Å²) in [7, 11) is 0. The molecular formula is C16H20FN3O2. The number of aromatic amines is 1. The van der Waals surface area contributed by atoms with Crippen molar-refractivity contribution in [1.29, 1.82) is 0 Å². The van der Waals surface area contributed by atoms with E-state index in [1.807, 2.05) is 0 Å². The van der Waals surface area contributed by atoms with E-state index >= 15 is 0 Å². The summed E-state index contributed by atoms with van der Waals surface area (Å²) in [5, 5.41) is 3.60. The molecule has 0 saturated carbocycles. The first-order chi connectivity index (χ1) is 10.7. The van der Waals surface area contributed by atoms with Crippen molar-refractivity contribution in [2.24, 2.45) is 0 Å². The average molecular weight is 305 g/mol. The summed E-state index contributed by atoms with van der Waals surface area (Å²) in [6, 6.07) is 6.11. The highest BCUT2D eigenvalue weighted by molar-refractivity contribution is 5.97. The highest BCUT2D eigenvalue weighted by Crippen LogP contribution is 2.16. The Balaban J connectivity index is 1.48. The second-order valence-electron chi connectivity index (χ2n) is 5.48. The van der Waals surface area contributed by atoms with Gasteiger partial charge in [-0.15, -0.1) is 0 Å². The molecule has 1 saturated heterocycles. The smallest absolute Gasteiger partial charge is 0.267 e. The Hall–Kier alpha value is -1.92. The summed E-state index contributed by atoms with van der Waals surface area (Å²) >= 11 is 0. The number of amides is 1. The van der Waals surface area contributed by atoms with Crippen LogP contribution in [0.3, 0.4) is 0 Å². The minimum absolute atomic E-state index is 0.154. The van der Waals surface area contributed by atoms with Gasteiger partial charge in [0.1, 0.15) is 11.5 Å². The molecule has 1 fully saturated rings. The molecule has 22 heavy (non-hydrogen) atoms. The molecule has 1 aromatic carbocycles. The minimum Gasteiger partial charge on any atom is -0.379 e. The molecule has 1 amide bonds. The van der Waals surface area contributed by atoms with Crippen LogP contribution in [0.15, 0.2) is 24.3 Å². The van der Waals surface area contributed by atoms with Gasteiger partial charge in [0, 0.05) is 30.5 Å². The summed E-state index contributed by atoms with van der Waals surface area (Å²) in [5.41, 5.74) is 1.23. The lowest BCUT2D eigenvalue weighted by Crippen LogP contribution is -2.38. The molecule has 2 N–H and O–H groups in total. The van der Waals surface area contributed by atoms with Crippen LogP contribution < -0.4 is 5.32 Å². The van der Waals surface area contributed by atoms with Gasteiger partial charge in [0.05, 0.1) is 13.2 Å². The van der Waals surface area contributed by atoms with Gasteiger partial charge in [-0.3, -0.25) is 9.69 Å². The standard InChI is InChI=1S/C16H20FN3O2/c17-13-2-3-14-12(10-13)11-15(19-14)16(21)18-4-1-5-20-6-8-22-9-7-20/h2-3,10-11,19H,1,4-9H2,(H,18,21). The number of rotatable bonds is 5. The molecule has 6 heteroatoms. The van der Waals surface area contributed by atoms with E-state index in [-0.39, 0.29) is 11.7 Å². The van der Waals surface area contributed by atoms with Crippen LogP contribution in [0.2, 0.25) is 0 Å². The number of benzene rings is 1. The van der Waals surface area contributed by atoms with E-state index in [1.54, 1.807) is 12.1 Å². The quantitative estimate of drug-likeness (QED) is 0.828. The van der Waals surface area contributed by atoms with Gasteiger partial charge in [0.15, 0.2) is 0 Å². The van der Waals surface area contributed by atoms with Crippen molar-refractivity contribution in [3.8, 4) is 0 Å². The van der Waals surface area contributed by atoms with Crippen LogP contribution in [0.25, 0.3) is 10.9 Å². The molecule has 2 aromatic rings. The van der Waals surface area contributed by atoms with Gasteiger partial charge < -0.3 is 15.0 Å². The van der Waals surface area contributed by atoms with E-state index in [1.165, 1.54) is 12.1 Å². The Labute approximate surface area is 128 Å². The van der Waals surface area contributed by atoms with Gasteiger partial charge in [0.2, 0.25) is 0 Å². The fourth-order valence-electron chi connectivity index (χ4n) is 2.65. The number of ether oxygens (including phenoxy) is 1. The topological polar surface area (TPSA) is 57.4 Å². The molecule has 0 bridgehead atoms. The number of fused-ring (bicyclic) bond motifs is 1. The maximum atomic E-state index is 13.1. The SMILES string of the molecule is O=C(NCCCN1CCOCC1)c1cc2cc(F)ccc2[nH]1. The van der Waals surface area contributed by atoms with E-state index in [2.05, 4.69) is 15.2 Å². The monoisotopic (exact) mass is 305 g/mol. The summed E-state index contributed by atoms with van der Waals surface area (Å²) in [6.45, 7) is 5.08. The Morgan fingerprint density at radius 1 is 1.32 bits per heavy atom. The van der Waals surface area contributed by atoms with Crippen molar-refractivity contribution in [3.63, 3.8) is 0 Å². The fourth-order valence-corrected chi connectivity index (χ4v) is 2.65. The third-order valence-corrected chi connectivity index (χ3v) is 3.87. The van der Waals surface area contributed by atoms with Crippen molar-refractivity contribution >= 4 is 16.8 Å². The number of nitrogens with zero attached hydrogens (tertiary/aromatic N) is 1. The van der Waals surface area contributed by atoms with Crippen molar-refractivity contribution in [3.05, 3.63) is 35.8 Å². The first kappa shape index (κ1) is 15.0. The molecule has 2 heterocycles. The van der Waals surface area contributed by atoms with E-state index in [0.29, 0.717) is 17.6 Å². The molecule has 118 valence electrons. The molecule has 0 unspecified atom stereocenters. The van der Waals surface area contributed by atoms with E-state index in [4.69, 9.17) is 4.74 Å². The third-order valence-electron chi connectivity index (χ3n) is 3.87. The lowest BCUT2D eigenvalue weighted by atomic mass is 10.2. The average Bonchev–Trinajstić information content (AvgIpc) is 2.95. The Kier molecular flexibility index (Phi) is 4.70. The van der Waals surface area contributed by atoms with Gasteiger partial charge >= 0.3 is 0 Å². The molecule has 1 aliphatic heterocycles. The van der Waals surface area contributed by atoms with Crippen molar-refractivity contribution < 1.29 is 13.9 Å². The molecule has 1 aliphatic rings. The highest BCUT2D eigenvalue weighted by Gasteiger charge is 2.11. The maximum absolute atomic E-state index is 13.1. The maximum Gasteiger partial charge on any atom is 0.267 e. The van der Waals surface area contributed by atoms with Gasteiger partial charge in [-0.25, -0.2) is 4.39 Å². The van der Waals surface area contributed by atoms with Crippen LogP contribution in [0, 0.1) is 5.82 Å². The van der Waals surface area contributed by atoms with Crippen molar-refractivity contribution in [2.45, 2.75) is 6.42 Å². The second-order valence-corrected chi connectivity index (χ2v) is 5.48. The zero-order chi connectivity index (χ0) is 15.4. The van der Waals surface area contributed by atoms with E-state index < -0.39 is 0 Å². The number of carbonyl (C=O) groups excluding carboxylic acids is 1. The molecular weight excluding hydrogens is 285 g/mol. The lowest BCUT2D eigenvalue weighted by molar-refractivity contribution is 0.0374. The van der Waals surface area contributed by atoms with Crippen LogP contribution in [-0.4, -0.2) is 55.2 Å². The number of halogens is 1.